The van der Waals surface area contributed by atoms with E-state index in [2.05, 4.69) is 9.72 Å². The molecule has 0 spiro atoms. The molecule has 0 aromatic heterocycles. The SMILES string of the molecule is CCOC(=O)N[Si](OC)(OC)OC. The molecule has 0 bridgehead atoms. The molecule has 1 amide bonds. The summed E-state index contributed by atoms with van der Waals surface area (Å²) in [7, 11) is 1.14. The number of hydrogen-bond donors (Lipinski definition) is 1. The van der Waals surface area contributed by atoms with Crippen molar-refractivity contribution in [1.29, 1.82) is 0 Å². The van der Waals surface area contributed by atoms with Crippen molar-refractivity contribution in [3.8, 4) is 0 Å². The minimum Gasteiger partial charge on any atom is -0.450 e. The number of carbonyl (C=O) groups is 1. The van der Waals surface area contributed by atoms with Crippen LogP contribution in [-0.4, -0.2) is 43.0 Å². The molecule has 1 N–H and O–H groups in total. The van der Waals surface area contributed by atoms with Gasteiger partial charge in [-0.2, -0.15) is 0 Å². The minimum absolute atomic E-state index is 0.285. The topological polar surface area (TPSA) is 66.0 Å². The maximum atomic E-state index is 11.0. The molecule has 13 heavy (non-hydrogen) atoms. The standard InChI is InChI=1S/C6H15NO5Si/c1-5-12-6(8)7-13(9-2,10-3)11-4/h5H2,1-4H3,(H,7,8). The van der Waals surface area contributed by atoms with E-state index in [0.717, 1.165) is 0 Å². The van der Waals surface area contributed by atoms with Crippen molar-refractivity contribution in [2.24, 2.45) is 0 Å². The second kappa shape index (κ2) is 5.92. The Balaban J connectivity index is 4.16. The maximum Gasteiger partial charge on any atom is 0.635 e. The van der Waals surface area contributed by atoms with Gasteiger partial charge in [-0.25, -0.2) is 4.79 Å². The third-order valence-corrected chi connectivity index (χ3v) is 3.46. The summed E-state index contributed by atoms with van der Waals surface area (Å²) < 4.78 is 19.5. The van der Waals surface area contributed by atoms with Crippen LogP contribution in [0.25, 0.3) is 0 Å². The molecule has 0 fully saturated rings. The number of carbonyl (C=O) groups excluding carboxylic acids is 1. The van der Waals surface area contributed by atoms with Gasteiger partial charge in [-0.15, -0.1) is 0 Å². The first kappa shape index (κ1) is 12.4. The lowest BCUT2D eigenvalue weighted by Gasteiger charge is -2.23. The Bertz CT molecular complexity index is 153. The van der Waals surface area contributed by atoms with E-state index in [-0.39, 0.29) is 6.61 Å². The molecule has 0 heterocycles. The number of hydrogen-bond acceptors (Lipinski definition) is 5. The van der Waals surface area contributed by atoms with Crippen molar-refractivity contribution in [2.75, 3.05) is 27.9 Å². The molecule has 6 nitrogen and oxygen atoms in total. The highest BCUT2D eigenvalue weighted by Gasteiger charge is 2.42. The number of nitrogens with one attached hydrogen (secondary N) is 1. The molecule has 0 unspecified atom stereocenters. The Morgan fingerprint density at radius 2 is 1.69 bits per heavy atom. The normalized spacial score (nSPS) is 11.1. The van der Waals surface area contributed by atoms with Gasteiger partial charge in [0.15, 0.2) is 0 Å². The van der Waals surface area contributed by atoms with Crippen LogP contribution in [0.4, 0.5) is 4.79 Å². The van der Waals surface area contributed by atoms with E-state index in [4.69, 9.17) is 13.3 Å². The molecule has 0 saturated carbocycles. The van der Waals surface area contributed by atoms with E-state index in [1.54, 1.807) is 6.92 Å². The Hall–Kier alpha value is -0.633. The molecule has 0 rings (SSSR count). The molecular weight excluding hydrogens is 194 g/mol. The lowest BCUT2D eigenvalue weighted by Crippen LogP contribution is -2.59. The van der Waals surface area contributed by atoms with Gasteiger partial charge in [-0.3, -0.25) is 4.98 Å². The van der Waals surface area contributed by atoms with Crippen molar-refractivity contribution < 1.29 is 22.8 Å². The van der Waals surface area contributed by atoms with E-state index in [0.29, 0.717) is 0 Å². The lowest BCUT2D eigenvalue weighted by atomic mass is 10.9. The largest absolute Gasteiger partial charge is 0.635 e. The van der Waals surface area contributed by atoms with Crippen LogP contribution in [0, 0.1) is 0 Å². The second-order valence-corrected chi connectivity index (χ2v) is 4.60. The van der Waals surface area contributed by atoms with Crippen LogP contribution in [0.2, 0.25) is 0 Å². The molecule has 78 valence electrons. The summed E-state index contributed by atoms with van der Waals surface area (Å²) >= 11 is 0. The quantitative estimate of drug-likeness (QED) is 0.651. The Morgan fingerprint density at radius 3 is 2.00 bits per heavy atom. The molecule has 0 aromatic rings. The predicted molar refractivity (Wildman–Crippen MR) is 46.9 cm³/mol. The highest BCUT2D eigenvalue weighted by molar-refractivity contribution is 6.60. The average molecular weight is 209 g/mol. The Morgan fingerprint density at radius 1 is 1.23 bits per heavy atom. The second-order valence-electron chi connectivity index (χ2n) is 2.01. The van der Waals surface area contributed by atoms with E-state index >= 15 is 0 Å². The van der Waals surface area contributed by atoms with E-state index < -0.39 is 15.1 Å². The van der Waals surface area contributed by atoms with Gasteiger partial charge < -0.3 is 18.0 Å². The third-order valence-electron chi connectivity index (χ3n) is 1.34. The van der Waals surface area contributed by atoms with Gasteiger partial charge in [0.1, 0.15) is 0 Å². The van der Waals surface area contributed by atoms with Crippen molar-refractivity contribution in [3.63, 3.8) is 0 Å². The summed E-state index contributed by atoms with van der Waals surface area (Å²) in [6, 6.07) is 0. The van der Waals surface area contributed by atoms with Crippen LogP contribution in [0.1, 0.15) is 6.92 Å². The summed E-state index contributed by atoms with van der Waals surface area (Å²) in [6.45, 7) is 1.99. The summed E-state index contributed by atoms with van der Waals surface area (Å²) in [5.41, 5.74) is 0. The summed E-state index contributed by atoms with van der Waals surface area (Å²) in [5, 5.41) is 0. The molecule has 0 aliphatic heterocycles. The van der Waals surface area contributed by atoms with Crippen molar-refractivity contribution >= 4 is 15.1 Å². The summed E-state index contributed by atoms with van der Waals surface area (Å²) in [4.78, 5) is 13.4. The number of amides is 1. The molecule has 0 saturated heterocycles. The minimum atomic E-state index is -3.04. The number of rotatable bonds is 5. The average Bonchev–Trinajstić information content (AvgIpc) is 2.15. The van der Waals surface area contributed by atoms with E-state index in [9.17, 15) is 4.79 Å². The van der Waals surface area contributed by atoms with Gasteiger partial charge in [0, 0.05) is 21.3 Å². The van der Waals surface area contributed by atoms with Gasteiger partial charge in [-0.1, -0.05) is 0 Å². The van der Waals surface area contributed by atoms with E-state index in [1.165, 1.54) is 21.3 Å². The summed E-state index contributed by atoms with van der Waals surface area (Å²) in [5.74, 6) is 0. The molecule has 0 aromatic carbocycles. The highest BCUT2D eigenvalue weighted by Crippen LogP contribution is 2.01. The van der Waals surface area contributed by atoms with Crippen LogP contribution in [0.3, 0.4) is 0 Å². The fourth-order valence-electron chi connectivity index (χ4n) is 0.695. The zero-order valence-corrected chi connectivity index (χ0v) is 9.25. The van der Waals surface area contributed by atoms with Gasteiger partial charge in [0.05, 0.1) is 6.61 Å². The van der Waals surface area contributed by atoms with Crippen LogP contribution in [0.15, 0.2) is 0 Å². The maximum absolute atomic E-state index is 11.0. The van der Waals surface area contributed by atoms with Gasteiger partial charge in [0.25, 0.3) is 0 Å². The van der Waals surface area contributed by atoms with Gasteiger partial charge in [-0.05, 0) is 6.92 Å². The molecular formula is C6H15NO5Si. The first-order chi connectivity index (χ1) is 6.14. The van der Waals surface area contributed by atoms with Crippen LogP contribution < -0.4 is 4.98 Å². The highest BCUT2D eigenvalue weighted by atomic mass is 28.4. The first-order valence-electron chi connectivity index (χ1n) is 3.74. The van der Waals surface area contributed by atoms with E-state index in [1.807, 2.05) is 0 Å². The van der Waals surface area contributed by atoms with Crippen LogP contribution in [-0.2, 0) is 18.0 Å². The molecule has 0 radical (unpaired) electrons. The fraction of sp³-hybridized carbons (Fsp3) is 0.833. The Kier molecular flexibility index (Phi) is 5.63. The fourth-order valence-corrected chi connectivity index (χ4v) is 1.82. The smallest absolute Gasteiger partial charge is 0.450 e. The third kappa shape index (κ3) is 3.72. The lowest BCUT2D eigenvalue weighted by molar-refractivity contribution is 0.0991. The van der Waals surface area contributed by atoms with Crippen LogP contribution in [0.5, 0.6) is 0 Å². The zero-order chi connectivity index (χ0) is 10.3. The van der Waals surface area contributed by atoms with Gasteiger partial charge >= 0.3 is 15.1 Å². The summed E-state index contributed by atoms with van der Waals surface area (Å²) in [6.07, 6.45) is -0.611. The predicted octanol–water partition coefficient (Wildman–Crippen LogP) is 0.107. The first-order valence-corrected chi connectivity index (χ1v) is 5.47. The molecule has 7 heteroatoms. The van der Waals surface area contributed by atoms with Crippen molar-refractivity contribution in [2.45, 2.75) is 6.92 Å². The molecule has 0 aliphatic carbocycles. The van der Waals surface area contributed by atoms with Gasteiger partial charge in [0.2, 0.25) is 0 Å². The Labute approximate surface area is 78.6 Å². The zero-order valence-electron chi connectivity index (χ0n) is 8.25. The molecule has 0 atom stereocenters. The van der Waals surface area contributed by atoms with Crippen molar-refractivity contribution in [3.05, 3.63) is 0 Å². The van der Waals surface area contributed by atoms with Crippen LogP contribution >= 0.6 is 0 Å². The molecule has 0 aliphatic rings. The number of ether oxygens (including phenoxy) is 1. The van der Waals surface area contributed by atoms with Crippen molar-refractivity contribution in [1.82, 2.24) is 4.98 Å². The monoisotopic (exact) mass is 209 g/mol.